The first-order chi connectivity index (χ1) is 43.1. The molecule has 5 aromatic rings. The lowest BCUT2D eigenvalue weighted by molar-refractivity contribution is -0.151. The van der Waals surface area contributed by atoms with E-state index in [1.54, 1.807) is 48.5 Å². The number of benzene rings is 5. The van der Waals surface area contributed by atoms with E-state index < -0.39 is 110 Å². The van der Waals surface area contributed by atoms with Crippen molar-refractivity contribution in [3.63, 3.8) is 0 Å². The summed E-state index contributed by atoms with van der Waals surface area (Å²) in [5.41, 5.74) is 0.764. The molecule has 22 nitrogen and oxygen atoms in total. The Bertz CT molecular complexity index is 3700. The molecule has 24 heteroatoms. The highest BCUT2D eigenvalue weighted by Crippen LogP contribution is 2.62. The Morgan fingerprint density at radius 2 is 0.809 bits per heavy atom. The van der Waals surface area contributed by atoms with Crippen LogP contribution in [0.3, 0.4) is 0 Å². The van der Waals surface area contributed by atoms with Crippen LogP contribution in [0, 0.1) is 23.7 Å². The summed E-state index contributed by atoms with van der Waals surface area (Å²) >= 11 is 2.11. The second-order valence-electron chi connectivity index (χ2n) is 20.0. The highest BCUT2D eigenvalue weighted by molar-refractivity contribution is 8.25. The number of ketones is 2. The van der Waals surface area contributed by atoms with Crippen molar-refractivity contribution in [2.24, 2.45) is 23.7 Å². The van der Waals surface area contributed by atoms with E-state index in [1.807, 2.05) is 0 Å². The zero-order chi connectivity index (χ0) is 63.1. The van der Waals surface area contributed by atoms with Crippen molar-refractivity contribution in [2.45, 2.75) is 67.8 Å². The highest BCUT2D eigenvalue weighted by atomic mass is 32.2. The summed E-state index contributed by atoms with van der Waals surface area (Å²) in [4.78, 5) is 131. The normalized spacial score (nSPS) is 17.3. The lowest BCUT2D eigenvalue weighted by atomic mass is 9.82. The Kier molecular flexibility index (Phi) is 21.3. The van der Waals surface area contributed by atoms with Gasteiger partial charge in [-0.2, -0.15) is 0 Å². The van der Waals surface area contributed by atoms with Gasteiger partial charge in [-0.25, -0.2) is 19.2 Å². The third kappa shape index (κ3) is 15.5. The number of esters is 8. The molecule has 0 aromatic heterocycles. The van der Waals surface area contributed by atoms with Gasteiger partial charge in [-0.1, -0.05) is 98.4 Å². The molecule has 0 atom stereocenters. The fourth-order valence-corrected chi connectivity index (χ4v) is 12.7. The van der Waals surface area contributed by atoms with Crippen LogP contribution in [0.1, 0.15) is 77.6 Å². The molecule has 3 aliphatic carbocycles. The van der Waals surface area contributed by atoms with Gasteiger partial charge in [-0.3, -0.25) is 28.8 Å². The summed E-state index contributed by atoms with van der Waals surface area (Å²) in [7, 11) is 0. The SMILES string of the molecule is C=CC(=O)OCOCc1cc(OC(=O)C2CCC(C(=O)Oc3c4c(c(OC(=O)C5CCC(C(=O)Oc6ccc(OCOC(=O)C=C)c(OCOC(=O)C=C)c6)CC5)c5ccccc35)SC(=C3C(=O)c5ccccc5C3=O)S4)CC2)ccc1OCOC(=O)C=C. The summed E-state index contributed by atoms with van der Waals surface area (Å²) < 4.78 is 66.3. The van der Waals surface area contributed by atoms with E-state index in [9.17, 15) is 47.9 Å². The lowest BCUT2D eigenvalue weighted by Gasteiger charge is -2.27. The summed E-state index contributed by atoms with van der Waals surface area (Å²) in [6.07, 6.45) is 5.83. The van der Waals surface area contributed by atoms with Crippen molar-refractivity contribution in [3.8, 4) is 40.2 Å². The van der Waals surface area contributed by atoms with Gasteiger partial charge in [0.05, 0.1) is 49.9 Å². The molecule has 0 N–H and O–H groups in total. The zero-order valence-corrected chi connectivity index (χ0v) is 49.2. The van der Waals surface area contributed by atoms with Crippen molar-refractivity contribution in [3.05, 3.63) is 162 Å². The standard InChI is InChI=1S/C65H56O22S2/c1-5-50(66)80-32-76-31-40-29-41(25-27-47(40)77-33-81-51(67)6-2)84-61(72)36-17-21-38(22-18-36)63(74)86-57-45-15-11-12-16-46(45)58(60-59(57)88-65(89-60)54-55(70)43-13-9-10-14-44(43)56(54)71)87-64(75)39-23-19-37(20-24-39)62(73)85-42-26-28-48(78-34-82-52(68)7-3)49(30-42)79-35-83-53(69)8-4/h5-16,25-30,36-39H,1-4,17-24,31-35H2. The van der Waals surface area contributed by atoms with Gasteiger partial charge in [0.1, 0.15) is 17.2 Å². The van der Waals surface area contributed by atoms with Crippen molar-refractivity contribution in [1.29, 1.82) is 0 Å². The van der Waals surface area contributed by atoms with Crippen molar-refractivity contribution in [1.82, 2.24) is 0 Å². The number of hydrogen-bond donors (Lipinski definition) is 0. The van der Waals surface area contributed by atoms with Crippen molar-refractivity contribution < 1.29 is 105 Å². The predicted octanol–water partition coefficient (Wildman–Crippen LogP) is 10.4. The molecule has 1 aliphatic heterocycles. The third-order valence-corrected chi connectivity index (χ3v) is 17.1. The van der Waals surface area contributed by atoms with E-state index in [-0.39, 0.29) is 115 Å². The first-order valence-electron chi connectivity index (χ1n) is 27.7. The predicted molar refractivity (Wildman–Crippen MR) is 315 cm³/mol. The molecular formula is C65H56O22S2. The molecule has 4 aliphatic rings. The zero-order valence-electron chi connectivity index (χ0n) is 47.5. The van der Waals surface area contributed by atoms with Gasteiger partial charge in [0, 0.05) is 57.8 Å². The molecule has 89 heavy (non-hydrogen) atoms. The maximum atomic E-state index is 14.4. The highest BCUT2D eigenvalue weighted by Gasteiger charge is 2.42. The fraction of sp³-hybridized carbons (Fsp3) is 0.262. The molecule has 1 heterocycles. The van der Waals surface area contributed by atoms with Crippen LogP contribution in [0.25, 0.3) is 10.8 Å². The third-order valence-electron chi connectivity index (χ3n) is 14.5. The van der Waals surface area contributed by atoms with Crippen LogP contribution < -0.4 is 33.2 Å². The summed E-state index contributed by atoms with van der Waals surface area (Å²) in [5, 5.41) is 0.799. The van der Waals surface area contributed by atoms with E-state index in [0.29, 0.717) is 30.4 Å². The van der Waals surface area contributed by atoms with E-state index >= 15 is 0 Å². The van der Waals surface area contributed by atoms with Crippen LogP contribution in [0.2, 0.25) is 0 Å². The number of Topliss-reactive ketones (excluding diaryl/α,β-unsaturated/α-hetero) is 2. The van der Waals surface area contributed by atoms with Crippen LogP contribution >= 0.6 is 23.5 Å². The van der Waals surface area contributed by atoms with E-state index in [0.717, 1.165) is 47.8 Å². The number of allylic oxidation sites excluding steroid dienone is 1. The van der Waals surface area contributed by atoms with Crippen LogP contribution in [-0.2, 0) is 68.6 Å². The number of hydrogen-bond acceptors (Lipinski definition) is 24. The van der Waals surface area contributed by atoms with Crippen LogP contribution in [-0.4, -0.2) is 86.5 Å². The molecule has 0 amide bonds. The van der Waals surface area contributed by atoms with Gasteiger partial charge < -0.3 is 56.8 Å². The average molecular weight is 1250 g/mol. The van der Waals surface area contributed by atoms with E-state index in [1.165, 1.54) is 36.4 Å². The van der Waals surface area contributed by atoms with E-state index in [2.05, 4.69) is 26.3 Å². The Hall–Kier alpha value is -9.78. The first kappa shape index (κ1) is 63.7. The van der Waals surface area contributed by atoms with Crippen molar-refractivity contribution >= 4 is 93.6 Å². The topological polar surface area (TPSA) is 281 Å². The van der Waals surface area contributed by atoms with Gasteiger partial charge in [0.15, 0.2) is 41.4 Å². The van der Waals surface area contributed by atoms with Gasteiger partial charge >= 0.3 is 47.8 Å². The summed E-state index contributed by atoms with van der Waals surface area (Å²) in [6, 6.07) is 21.9. The molecule has 9 rings (SSSR count). The quantitative estimate of drug-likeness (QED) is 0.00998. The first-order valence-corrected chi connectivity index (χ1v) is 29.3. The number of rotatable bonds is 25. The number of carbonyl (C=O) groups is 10. The maximum absolute atomic E-state index is 14.4. The lowest BCUT2D eigenvalue weighted by Crippen LogP contribution is -2.31. The monoisotopic (exact) mass is 1250 g/mol. The molecule has 2 saturated carbocycles. The van der Waals surface area contributed by atoms with Gasteiger partial charge in [-0.15, -0.1) is 0 Å². The Morgan fingerprint density at radius 3 is 1.25 bits per heavy atom. The van der Waals surface area contributed by atoms with Gasteiger partial charge in [-0.05, 0) is 81.7 Å². The second kappa shape index (κ2) is 29.7. The maximum Gasteiger partial charge on any atom is 0.333 e. The van der Waals surface area contributed by atoms with Gasteiger partial charge in [0.25, 0.3) is 0 Å². The van der Waals surface area contributed by atoms with Crippen LogP contribution in [0.5, 0.6) is 40.2 Å². The fourth-order valence-electron chi connectivity index (χ4n) is 9.96. The van der Waals surface area contributed by atoms with Gasteiger partial charge in [0.2, 0.25) is 20.4 Å². The Morgan fingerprint density at radius 1 is 0.438 bits per heavy atom. The average Bonchev–Trinajstić information content (AvgIpc) is 1.66. The number of thioether (sulfide) groups is 2. The van der Waals surface area contributed by atoms with Crippen LogP contribution in [0.4, 0.5) is 0 Å². The molecule has 0 saturated heterocycles. The Labute approximate surface area is 517 Å². The minimum absolute atomic E-state index is 0.0141. The smallest absolute Gasteiger partial charge is 0.333 e. The molecule has 0 spiro atoms. The largest absolute Gasteiger partial charge is 0.457 e. The summed E-state index contributed by atoms with van der Waals surface area (Å²) in [6.45, 7) is 11.2. The number of carbonyl (C=O) groups excluding carboxylic acids is 10. The van der Waals surface area contributed by atoms with E-state index in [4.69, 9.17) is 56.8 Å². The second-order valence-corrected chi connectivity index (χ2v) is 22.3. The molecule has 2 fully saturated rings. The molecule has 0 bridgehead atoms. The number of ether oxygens (including phenoxy) is 12. The minimum atomic E-state index is -0.761. The molecule has 0 radical (unpaired) electrons. The Balaban J connectivity index is 0.885. The molecule has 5 aromatic carbocycles. The summed E-state index contributed by atoms with van der Waals surface area (Å²) in [5.74, 6) is -8.08. The number of fused-ring (bicyclic) bond motifs is 3. The molecule has 460 valence electrons. The molecular weight excluding hydrogens is 1200 g/mol. The van der Waals surface area contributed by atoms with Crippen molar-refractivity contribution in [2.75, 3.05) is 27.2 Å². The minimum Gasteiger partial charge on any atom is -0.457 e. The molecule has 0 unspecified atom stereocenters. The van der Waals surface area contributed by atoms with Crippen LogP contribution in [0.15, 0.2) is 155 Å².